The number of amides is 1. The lowest BCUT2D eigenvalue weighted by molar-refractivity contribution is -0.125. The van der Waals surface area contributed by atoms with E-state index in [0.717, 1.165) is 73.7 Å². The first-order valence-corrected chi connectivity index (χ1v) is 12.2. The van der Waals surface area contributed by atoms with Gasteiger partial charge in [-0.1, -0.05) is 60.7 Å². The number of benzene rings is 2. The largest absolute Gasteiger partial charge is 0.356 e. The molecule has 1 fully saturated rings. The Morgan fingerprint density at radius 3 is 2.44 bits per heavy atom. The van der Waals surface area contributed by atoms with E-state index in [9.17, 15) is 4.79 Å². The van der Waals surface area contributed by atoms with E-state index in [0.29, 0.717) is 0 Å². The minimum atomic E-state index is 0.0731. The highest BCUT2D eigenvalue weighted by molar-refractivity contribution is 5.79. The molecule has 1 aliphatic rings. The van der Waals surface area contributed by atoms with E-state index in [1.807, 2.05) is 41.8 Å². The summed E-state index contributed by atoms with van der Waals surface area (Å²) in [6, 6.07) is 24.8. The van der Waals surface area contributed by atoms with Crippen molar-refractivity contribution in [2.75, 3.05) is 24.5 Å². The molecule has 3 heterocycles. The van der Waals surface area contributed by atoms with Gasteiger partial charge in [0.1, 0.15) is 5.82 Å². The fourth-order valence-electron chi connectivity index (χ4n) is 4.72. The van der Waals surface area contributed by atoms with Crippen molar-refractivity contribution in [3.05, 3.63) is 84.1 Å². The highest BCUT2D eigenvalue weighted by atomic mass is 16.1. The third-order valence-corrected chi connectivity index (χ3v) is 6.58. The van der Waals surface area contributed by atoms with Gasteiger partial charge in [-0.15, -0.1) is 0 Å². The average molecular weight is 454 g/mol. The molecule has 1 aliphatic heterocycles. The first-order valence-electron chi connectivity index (χ1n) is 12.2. The number of carbonyl (C=O) groups excluding carboxylic acids is 1. The summed E-state index contributed by atoms with van der Waals surface area (Å²) in [7, 11) is 0. The predicted molar refractivity (Wildman–Crippen MR) is 136 cm³/mol. The molecule has 1 amide bonds. The van der Waals surface area contributed by atoms with E-state index in [2.05, 4.69) is 52.7 Å². The lowest BCUT2D eigenvalue weighted by Gasteiger charge is -2.33. The fourth-order valence-corrected chi connectivity index (χ4v) is 4.72. The number of nitrogens with one attached hydrogen (secondary N) is 1. The fraction of sp³-hybridized carbons (Fsp3) is 0.321. The summed E-state index contributed by atoms with van der Waals surface area (Å²) < 4.78 is 1.94. The van der Waals surface area contributed by atoms with Crippen LogP contribution in [-0.4, -0.2) is 40.1 Å². The second kappa shape index (κ2) is 10.1. The smallest absolute Gasteiger partial charge is 0.223 e. The second-order valence-electron chi connectivity index (χ2n) is 9.06. The number of nitrogens with zero attached hydrogens (tertiary/aromatic N) is 4. The van der Waals surface area contributed by atoms with E-state index in [-0.39, 0.29) is 11.8 Å². The van der Waals surface area contributed by atoms with Gasteiger partial charge in [0.15, 0.2) is 5.65 Å². The van der Waals surface area contributed by atoms with Gasteiger partial charge in [0, 0.05) is 48.9 Å². The van der Waals surface area contributed by atoms with Gasteiger partial charge in [-0.2, -0.15) is 9.61 Å². The van der Waals surface area contributed by atoms with Gasteiger partial charge in [0.05, 0.1) is 5.69 Å². The Balaban J connectivity index is 1.20. The van der Waals surface area contributed by atoms with Crippen LogP contribution in [0.2, 0.25) is 0 Å². The Bertz CT molecular complexity index is 1240. The highest BCUT2D eigenvalue weighted by Gasteiger charge is 2.26. The van der Waals surface area contributed by atoms with Crippen LogP contribution in [0.4, 0.5) is 5.82 Å². The maximum Gasteiger partial charge on any atom is 0.223 e. The summed E-state index contributed by atoms with van der Waals surface area (Å²) in [5.74, 6) is 1.31. The van der Waals surface area contributed by atoms with Gasteiger partial charge >= 0.3 is 0 Å². The molecule has 0 spiro atoms. The molecule has 5 rings (SSSR count). The molecule has 6 heteroatoms. The molecule has 1 N–H and O–H groups in total. The number of carbonyl (C=O) groups is 1. The standard InChI is InChI=1S/C28H31N5O/c1-21-19-27(33-26(30-21)20-25(31-33)23-12-6-3-7-13-23)32-17-14-24(15-18-32)28(34)29-16-8-11-22-9-4-2-5-10-22/h2-7,9-10,12-13,19-20,24H,8,11,14-18H2,1H3,(H,29,34). The quantitative estimate of drug-likeness (QED) is 0.413. The minimum absolute atomic E-state index is 0.0731. The summed E-state index contributed by atoms with van der Waals surface area (Å²) in [6.45, 7) is 4.42. The van der Waals surface area contributed by atoms with Crippen LogP contribution in [0.5, 0.6) is 0 Å². The molecule has 0 unspecified atom stereocenters. The topological polar surface area (TPSA) is 62.5 Å². The number of hydrogen-bond acceptors (Lipinski definition) is 4. The third kappa shape index (κ3) is 4.96. The van der Waals surface area contributed by atoms with E-state index < -0.39 is 0 Å². The molecule has 4 aromatic rings. The Kier molecular flexibility index (Phi) is 6.56. The number of anilines is 1. The van der Waals surface area contributed by atoms with Gasteiger partial charge in [0.25, 0.3) is 0 Å². The van der Waals surface area contributed by atoms with Crippen molar-refractivity contribution in [2.24, 2.45) is 5.92 Å². The number of aromatic nitrogens is 3. The van der Waals surface area contributed by atoms with Crippen molar-refractivity contribution in [2.45, 2.75) is 32.6 Å². The Hall–Kier alpha value is -3.67. The molecular formula is C28H31N5O. The third-order valence-electron chi connectivity index (χ3n) is 6.58. The van der Waals surface area contributed by atoms with Crippen LogP contribution >= 0.6 is 0 Å². The molecule has 0 saturated carbocycles. The first-order chi connectivity index (χ1) is 16.7. The lowest BCUT2D eigenvalue weighted by atomic mass is 9.96. The maximum atomic E-state index is 12.7. The lowest BCUT2D eigenvalue weighted by Crippen LogP contribution is -2.41. The van der Waals surface area contributed by atoms with E-state index in [1.165, 1.54) is 5.56 Å². The zero-order valence-corrected chi connectivity index (χ0v) is 19.7. The normalized spacial score (nSPS) is 14.4. The molecule has 0 atom stereocenters. The molecule has 1 saturated heterocycles. The van der Waals surface area contributed by atoms with Crippen LogP contribution in [0.3, 0.4) is 0 Å². The first kappa shape index (κ1) is 22.1. The Labute approximate surface area is 200 Å². The van der Waals surface area contributed by atoms with Crippen molar-refractivity contribution in [3.8, 4) is 11.3 Å². The van der Waals surface area contributed by atoms with E-state index in [4.69, 9.17) is 10.1 Å². The molecule has 0 aliphatic carbocycles. The van der Waals surface area contributed by atoms with Crippen molar-refractivity contribution >= 4 is 17.4 Å². The van der Waals surface area contributed by atoms with Crippen molar-refractivity contribution < 1.29 is 4.79 Å². The maximum absolute atomic E-state index is 12.7. The molecular weight excluding hydrogens is 422 g/mol. The van der Waals surface area contributed by atoms with Crippen LogP contribution in [-0.2, 0) is 11.2 Å². The number of rotatable bonds is 7. The van der Waals surface area contributed by atoms with E-state index >= 15 is 0 Å². The van der Waals surface area contributed by atoms with Crippen molar-refractivity contribution in [3.63, 3.8) is 0 Å². The summed E-state index contributed by atoms with van der Waals surface area (Å²) in [5.41, 5.74) is 5.15. The summed E-state index contributed by atoms with van der Waals surface area (Å²) in [4.78, 5) is 19.8. The predicted octanol–water partition coefficient (Wildman–Crippen LogP) is 4.67. The molecule has 174 valence electrons. The van der Waals surface area contributed by atoms with Gasteiger partial charge in [0.2, 0.25) is 5.91 Å². The highest BCUT2D eigenvalue weighted by Crippen LogP contribution is 2.27. The van der Waals surface area contributed by atoms with Crippen LogP contribution in [0.1, 0.15) is 30.5 Å². The monoisotopic (exact) mass is 453 g/mol. The van der Waals surface area contributed by atoms with Gasteiger partial charge in [-0.3, -0.25) is 4.79 Å². The Morgan fingerprint density at radius 2 is 1.71 bits per heavy atom. The molecule has 0 bridgehead atoms. The Morgan fingerprint density at radius 1 is 1.00 bits per heavy atom. The number of hydrogen-bond donors (Lipinski definition) is 1. The molecule has 0 radical (unpaired) electrons. The summed E-state index contributed by atoms with van der Waals surface area (Å²) >= 11 is 0. The minimum Gasteiger partial charge on any atom is -0.356 e. The van der Waals surface area contributed by atoms with Crippen LogP contribution in [0, 0.1) is 12.8 Å². The van der Waals surface area contributed by atoms with Crippen LogP contribution in [0.15, 0.2) is 72.8 Å². The van der Waals surface area contributed by atoms with Gasteiger partial charge < -0.3 is 10.2 Å². The summed E-state index contributed by atoms with van der Waals surface area (Å²) in [6.07, 6.45) is 3.65. The van der Waals surface area contributed by atoms with E-state index in [1.54, 1.807) is 0 Å². The molecule has 34 heavy (non-hydrogen) atoms. The molecule has 6 nitrogen and oxygen atoms in total. The zero-order valence-electron chi connectivity index (χ0n) is 19.7. The molecule has 2 aromatic heterocycles. The van der Waals surface area contributed by atoms with Crippen LogP contribution < -0.4 is 10.2 Å². The molecule has 2 aromatic carbocycles. The van der Waals surface area contributed by atoms with Gasteiger partial charge in [-0.25, -0.2) is 4.98 Å². The number of piperidine rings is 1. The van der Waals surface area contributed by atoms with Crippen LogP contribution in [0.25, 0.3) is 16.9 Å². The van der Waals surface area contributed by atoms with Crippen molar-refractivity contribution in [1.29, 1.82) is 0 Å². The second-order valence-corrected chi connectivity index (χ2v) is 9.06. The van der Waals surface area contributed by atoms with Gasteiger partial charge in [-0.05, 0) is 38.2 Å². The zero-order chi connectivity index (χ0) is 23.3. The summed E-state index contributed by atoms with van der Waals surface area (Å²) in [5, 5.41) is 8.01. The SMILES string of the molecule is Cc1cc(N2CCC(C(=O)NCCCc3ccccc3)CC2)n2nc(-c3ccccc3)cc2n1. The van der Waals surface area contributed by atoms with Crippen molar-refractivity contribution in [1.82, 2.24) is 19.9 Å². The average Bonchev–Trinajstić information content (AvgIpc) is 3.31. The number of aryl methyl sites for hydroxylation is 2. The number of fused-ring (bicyclic) bond motifs is 1.